The zero-order valence-corrected chi connectivity index (χ0v) is 10.3. The number of hydrogen-bond donors (Lipinski definition) is 0. The lowest BCUT2D eigenvalue weighted by Gasteiger charge is -2.02. The molecule has 0 amide bonds. The highest BCUT2D eigenvalue weighted by atomic mass is 16.1. The summed E-state index contributed by atoms with van der Waals surface area (Å²) in [7, 11) is 0. The smallest absolute Gasteiger partial charge is 0.185 e. The lowest BCUT2D eigenvalue weighted by atomic mass is 10.1. The summed E-state index contributed by atoms with van der Waals surface area (Å²) in [5, 5.41) is 1.04. The summed E-state index contributed by atoms with van der Waals surface area (Å²) < 4.78 is 0. The van der Waals surface area contributed by atoms with Crippen molar-refractivity contribution in [3.63, 3.8) is 0 Å². The van der Waals surface area contributed by atoms with Gasteiger partial charge in [0, 0.05) is 24.2 Å². The van der Waals surface area contributed by atoms with Gasteiger partial charge in [0.25, 0.3) is 0 Å². The van der Waals surface area contributed by atoms with Gasteiger partial charge in [0.2, 0.25) is 0 Å². The minimum atomic E-state index is 0.0250. The van der Waals surface area contributed by atoms with Crippen LogP contribution in [0.3, 0.4) is 0 Å². The highest BCUT2D eigenvalue weighted by molar-refractivity contribution is 5.97. The van der Waals surface area contributed by atoms with E-state index in [1.165, 1.54) is 0 Å². The van der Waals surface area contributed by atoms with Gasteiger partial charge in [0.1, 0.15) is 5.69 Å². The summed E-state index contributed by atoms with van der Waals surface area (Å²) >= 11 is 0. The SMILES string of the molecule is O=C(Cc1ccncc1)c1ccc2ccccc2n1. The van der Waals surface area contributed by atoms with E-state index >= 15 is 0 Å². The highest BCUT2D eigenvalue weighted by Crippen LogP contribution is 2.13. The Hall–Kier alpha value is -2.55. The number of ketones is 1. The van der Waals surface area contributed by atoms with Crippen molar-refractivity contribution >= 4 is 16.7 Å². The van der Waals surface area contributed by atoms with Crippen LogP contribution in [0.5, 0.6) is 0 Å². The number of hydrogen-bond acceptors (Lipinski definition) is 3. The molecule has 3 rings (SSSR count). The van der Waals surface area contributed by atoms with Crippen LogP contribution in [0.15, 0.2) is 60.9 Å². The fourth-order valence-electron chi connectivity index (χ4n) is 2.00. The first kappa shape index (κ1) is 11.5. The molecule has 0 aliphatic rings. The summed E-state index contributed by atoms with van der Waals surface area (Å²) in [6.45, 7) is 0. The van der Waals surface area contributed by atoms with Gasteiger partial charge in [0.05, 0.1) is 5.52 Å². The van der Waals surface area contributed by atoms with Crippen molar-refractivity contribution in [2.45, 2.75) is 6.42 Å². The minimum absolute atomic E-state index is 0.0250. The number of carbonyl (C=O) groups excluding carboxylic acids is 1. The molecule has 0 bridgehead atoms. The van der Waals surface area contributed by atoms with Gasteiger partial charge >= 0.3 is 0 Å². The first-order valence-electron chi connectivity index (χ1n) is 6.11. The van der Waals surface area contributed by atoms with Crippen LogP contribution in [0.25, 0.3) is 10.9 Å². The normalized spacial score (nSPS) is 10.5. The van der Waals surface area contributed by atoms with Crippen molar-refractivity contribution in [1.82, 2.24) is 9.97 Å². The van der Waals surface area contributed by atoms with E-state index in [4.69, 9.17) is 0 Å². The number of aromatic nitrogens is 2. The summed E-state index contributed by atoms with van der Waals surface area (Å²) in [4.78, 5) is 20.5. The van der Waals surface area contributed by atoms with Gasteiger partial charge in [-0.2, -0.15) is 0 Å². The van der Waals surface area contributed by atoms with Crippen LogP contribution in [0.1, 0.15) is 16.1 Å². The average molecular weight is 248 g/mol. The zero-order chi connectivity index (χ0) is 13.1. The lowest BCUT2D eigenvalue weighted by molar-refractivity contribution is 0.0988. The zero-order valence-electron chi connectivity index (χ0n) is 10.3. The van der Waals surface area contributed by atoms with Crippen LogP contribution in [0, 0.1) is 0 Å². The monoisotopic (exact) mass is 248 g/mol. The van der Waals surface area contributed by atoms with Gasteiger partial charge in [-0.25, -0.2) is 4.98 Å². The van der Waals surface area contributed by atoms with Crippen molar-refractivity contribution < 1.29 is 4.79 Å². The first-order valence-corrected chi connectivity index (χ1v) is 6.11. The van der Waals surface area contributed by atoms with E-state index in [1.807, 2.05) is 42.5 Å². The fraction of sp³-hybridized carbons (Fsp3) is 0.0625. The Morgan fingerprint density at radius 3 is 2.58 bits per heavy atom. The highest BCUT2D eigenvalue weighted by Gasteiger charge is 2.09. The predicted molar refractivity (Wildman–Crippen MR) is 74.0 cm³/mol. The van der Waals surface area contributed by atoms with E-state index in [-0.39, 0.29) is 5.78 Å². The summed E-state index contributed by atoms with van der Waals surface area (Å²) in [5.41, 5.74) is 2.31. The van der Waals surface area contributed by atoms with E-state index < -0.39 is 0 Å². The number of rotatable bonds is 3. The Morgan fingerprint density at radius 2 is 1.74 bits per heavy atom. The second kappa shape index (κ2) is 4.98. The molecule has 92 valence electrons. The van der Waals surface area contributed by atoms with E-state index in [9.17, 15) is 4.79 Å². The maximum atomic E-state index is 12.2. The average Bonchev–Trinajstić information content (AvgIpc) is 2.48. The number of para-hydroxylation sites is 1. The van der Waals surface area contributed by atoms with Crippen LogP contribution < -0.4 is 0 Å². The molecule has 3 nitrogen and oxygen atoms in total. The molecule has 0 aliphatic heterocycles. The molecular formula is C16H12N2O. The molecule has 0 saturated carbocycles. The van der Waals surface area contributed by atoms with Crippen LogP contribution in [-0.4, -0.2) is 15.8 Å². The minimum Gasteiger partial charge on any atom is -0.292 e. The van der Waals surface area contributed by atoms with Crippen LogP contribution in [-0.2, 0) is 6.42 Å². The van der Waals surface area contributed by atoms with Gasteiger partial charge in [-0.1, -0.05) is 24.3 Å². The molecule has 3 heteroatoms. The third kappa shape index (κ3) is 2.50. The Bertz CT molecular complexity index is 723. The third-order valence-electron chi connectivity index (χ3n) is 3.00. The van der Waals surface area contributed by atoms with Crippen LogP contribution in [0.2, 0.25) is 0 Å². The molecule has 0 atom stereocenters. The second-order valence-electron chi connectivity index (χ2n) is 4.34. The second-order valence-corrected chi connectivity index (χ2v) is 4.34. The third-order valence-corrected chi connectivity index (χ3v) is 3.00. The standard InChI is InChI=1S/C16H12N2O/c19-16(11-12-7-9-17-10-8-12)15-6-5-13-3-1-2-4-14(13)18-15/h1-10H,11H2. The summed E-state index contributed by atoms with van der Waals surface area (Å²) in [6, 6.07) is 15.2. The largest absolute Gasteiger partial charge is 0.292 e. The van der Waals surface area contributed by atoms with Crippen molar-refractivity contribution in [3.8, 4) is 0 Å². The van der Waals surface area contributed by atoms with Crippen molar-refractivity contribution in [3.05, 3.63) is 72.2 Å². The Labute approximate surface area is 111 Å². The molecule has 2 heterocycles. The van der Waals surface area contributed by atoms with Gasteiger partial charge < -0.3 is 0 Å². The van der Waals surface area contributed by atoms with E-state index in [1.54, 1.807) is 18.5 Å². The quantitative estimate of drug-likeness (QED) is 0.669. The molecule has 0 radical (unpaired) electrons. The number of benzene rings is 1. The Kier molecular flexibility index (Phi) is 3.02. The van der Waals surface area contributed by atoms with E-state index in [2.05, 4.69) is 9.97 Å². The molecule has 0 N–H and O–H groups in total. The molecule has 0 spiro atoms. The molecule has 2 aromatic heterocycles. The molecule has 0 aliphatic carbocycles. The fourth-order valence-corrected chi connectivity index (χ4v) is 2.00. The van der Waals surface area contributed by atoms with Gasteiger partial charge in [-0.15, -0.1) is 0 Å². The lowest BCUT2D eigenvalue weighted by Crippen LogP contribution is -2.06. The van der Waals surface area contributed by atoms with Crippen LogP contribution >= 0.6 is 0 Å². The molecular weight excluding hydrogens is 236 g/mol. The van der Waals surface area contributed by atoms with E-state index in [0.29, 0.717) is 12.1 Å². The molecule has 0 fully saturated rings. The predicted octanol–water partition coefficient (Wildman–Crippen LogP) is 3.06. The first-order chi connectivity index (χ1) is 9.33. The Balaban J connectivity index is 1.89. The van der Waals surface area contributed by atoms with Crippen molar-refractivity contribution in [1.29, 1.82) is 0 Å². The van der Waals surface area contributed by atoms with Crippen LogP contribution in [0.4, 0.5) is 0 Å². The molecule has 0 unspecified atom stereocenters. The molecule has 1 aromatic carbocycles. The van der Waals surface area contributed by atoms with Crippen molar-refractivity contribution in [2.75, 3.05) is 0 Å². The van der Waals surface area contributed by atoms with Gasteiger partial charge in [0.15, 0.2) is 5.78 Å². The summed E-state index contributed by atoms with van der Waals surface area (Å²) in [5.74, 6) is 0.0250. The van der Waals surface area contributed by atoms with E-state index in [0.717, 1.165) is 16.5 Å². The topological polar surface area (TPSA) is 42.9 Å². The summed E-state index contributed by atoms with van der Waals surface area (Å²) in [6.07, 6.45) is 3.74. The number of pyridine rings is 2. The maximum Gasteiger partial charge on any atom is 0.185 e. The number of Topliss-reactive ketones (excluding diaryl/α,β-unsaturated/α-hetero) is 1. The van der Waals surface area contributed by atoms with Gasteiger partial charge in [-0.3, -0.25) is 9.78 Å². The molecule has 3 aromatic rings. The maximum absolute atomic E-state index is 12.2. The number of nitrogens with zero attached hydrogens (tertiary/aromatic N) is 2. The van der Waals surface area contributed by atoms with Gasteiger partial charge in [-0.05, 0) is 29.8 Å². The van der Waals surface area contributed by atoms with Crippen molar-refractivity contribution in [2.24, 2.45) is 0 Å². The Morgan fingerprint density at radius 1 is 0.947 bits per heavy atom. The number of carbonyl (C=O) groups is 1. The molecule has 19 heavy (non-hydrogen) atoms. The molecule has 0 saturated heterocycles. The number of fused-ring (bicyclic) bond motifs is 1.